The molecule has 0 spiro atoms. The molecule has 2 N–H and O–H groups in total. The average Bonchev–Trinajstić information content (AvgIpc) is 2.82. The topological polar surface area (TPSA) is 49.3 Å². The predicted octanol–water partition coefficient (Wildman–Crippen LogP) is 2.16. The van der Waals surface area contributed by atoms with Crippen LogP contribution in [-0.4, -0.2) is 31.1 Å². The van der Waals surface area contributed by atoms with E-state index in [9.17, 15) is 0 Å². The molecule has 0 aliphatic carbocycles. The van der Waals surface area contributed by atoms with E-state index in [4.69, 9.17) is 0 Å². The molecule has 0 atom stereocenters. The van der Waals surface area contributed by atoms with Gasteiger partial charge in [0.25, 0.3) is 0 Å². The third-order valence-corrected chi connectivity index (χ3v) is 3.57. The molecule has 4 nitrogen and oxygen atoms in total. The van der Waals surface area contributed by atoms with Crippen LogP contribution in [0.2, 0.25) is 0 Å². The van der Waals surface area contributed by atoms with E-state index in [0.717, 1.165) is 24.6 Å². The number of nitrogens with one attached hydrogen (secondary N) is 2. The molecule has 0 aliphatic rings. The van der Waals surface area contributed by atoms with E-state index in [2.05, 4.69) is 46.4 Å². The van der Waals surface area contributed by atoms with Crippen LogP contribution in [0.1, 0.15) is 30.5 Å². The number of aromatic nitrogens is 1. The molecule has 0 unspecified atom stereocenters. The maximum absolute atomic E-state index is 4.60. The van der Waals surface area contributed by atoms with Gasteiger partial charge in [0.2, 0.25) is 0 Å². The van der Waals surface area contributed by atoms with Gasteiger partial charge in [-0.25, -0.2) is 4.98 Å². The summed E-state index contributed by atoms with van der Waals surface area (Å²) in [6.45, 7) is 9.54. The minimum Gasteiger partial charge on any atom is -0.356 e. The van der Waals surface area contributed by atoms with Crippen LogP contribution in [0.25, 0.3) is 0 Å². The summed E-state index contributed by atoms with van der Waals surface area (Å²) in [5, 5.41) is 9.72. The van der Waals surface area contributed by atoms with Crippen LogP contribution in [0.3, 0.4) is 0 Å². The maximum Gasteiger partial charge on any atom is 0.191 e. The van der Waals surface area contributed by atoms with Crippen LogP contribution < -0.4 is 10.6 Å². The van der Waals surface area contributed by atoms with Gasteiger partial charge in [-0.05, 0) is 0 Å². The Labute approximate surface area is 113 Å². The highest BCUT2D eigenvalue weighted by molar-refractivity contribution is 7.09. The van der Waals surface area contributed by atoms with Crippen LogP contribution >= 0.6 is 11.3 Å². The molecule has 0 bridgehead atoms. The molecule has 0 aliphatic heterocycles. The van der Waals surface area contributed by atoms with Crippen LogP contribution in [0.4, 0.5) is 0 Å². The van der Waals surface area contributed by atoms with Crippen LogP contribution in [0, 0.1) is 0 Å². The summed E-state index contributed by atoms with van der Waals surface area (Å²) in [5.41, 5.74) is 1.15. The fourth-order valence-corrected chi connectivity index (χ4v) is 2.27. The van der Waals surface area contributed by atoms with Crippen molar-refractivity contribution in [3.63, 3.8) is 0 Å². The SMILES string of the molecule is C=CCNC(=NC)NCCc1csc(C(C)C)n1. The Hall–Kier alpha value is -1.36. The minimum absolute atomic E-state index is 0.513. The zero-order chi connectivity index (χ0) is 13.4. The van der Waals surface area contributed by atoms with Crippen LogP contribution in [0.15, 0.2) is 23.0 Å². The second-order valence-electron chi connectivity index (χ2n) is 4.25. The van der Waals surface area contributed by atoms with E-state index in [1.807, 2.05) is 6.08 Å². The van der Waals surface area contributed by atoms with Crippen molar-refractivity contribution in [3.8, 4) is 0 Å². The summed E-state index contributed by atoms with van der Waals surface area (Å²) >= 11 is 1.74. The number of aliphatic imine (C=N–C) groups is 1. The van der Waals surface area contributed by atoms with Crippen molar-refractivity contribution in [2.24, 2.45) is 4.99 Å². The van der Waals surface area contributed by atoms with Gasteiger partial charge in [-0.15, -0.1) is 17.9 Å². The molecular formula is C13H22N4S. The lowest BCUT2D eigenvalue weighted by atomic mass is 10.2. The smallest absolute Gasteiger partial charge is 0.191 e. The van der Waals surface area contributed by atoms with Gasteiger partial charge in [0.1, 0.15) is 0 Å². The summed E-state index contributed by atoms with van der Waals surface area (Å²) in [6.07, 6.45) is 2.72. The van der Waals surface area contributed by atoms with Gasteiger partial charge in [0, 0.05) is 37.9 Å². The first-order chi connectivity index (χ1) is 8.67. The summed E-state index contributed by atoms with van der Waals surface area (Å²) in [6, 6.07) is 0. The number of guanidine groups is 1. The normalized spacial score (nSPS) is 11.7. The molecule has 5 heteroatoms. The molecular weight excluding hydrogens is 244 g/mol. The first-order valence-corrected chi connectivity index (χ1v) is 7.05. The predicted molar refractivity (Wildman–Crippen MR) is 79.5 cm³/mol. The van der Waals surface area contributed by atoms with Gasteiger partial charge in [0.05, 0.1) is 10.7 Å². The standard InChI is InChI=1S/C13H22N4S/c1-5-7-15-13(14-4)16-8-6-11-9-18-12(17-11)10(2)3/h5,9-10H,1,6-8H2,2-4H3,(H2,14,15,16). The first kappa shape index (κ1) is 14.7. The highest BCUT2D eigenvalue weighted by atomic mass is 32.1. The Morgan fingerprint density at radius 3 is 2.89 bits per heavy atom. The largest absolute Gasteiger partial charge is 0.356 e. The Balaban J connectivity index is 2.33. The second kappa shape index (κ2) is 7.87. The van der Waals surface area contributed by atoms with Crippen molar-refractivity contribution in [2.75, 3.05) is 20.1 Å². The lowest BCUT2D eigenvalue weighted by molar-refractivity contribution is 0.792. The van der Waals surface area contributed by atoms with E-state index in [0.29, 0.717) is 12.5 Å². The van der Waals surface area contributed by atoms with E-state index >= 15 is 0 Å². The van der Waals surface area contributed by atoms with Gasteiger partial charge in [-0.2, -0.15) is 0 Å². The quantitative estimate of drug-likeness (QED) is 0.471. The fourth-order valence-electron chi connectivity index (χ4n) is 1.40. The van der Waals surface area contributed by atoms with Gasteiger partial charge < -0.3 is 10.6 Å². The van der Waals surface area contributed by atoms with Gasteiger partial charge in [0.15, 0.2) is 5.96 Å². The lowest BCUT2D eigenvalue weighted by Gasteiger charge is -2.09. The number of thiazole rings is 1. The third-order valence-electron chi connectivity index (χ3n) is 2.37. The Morgan fingerprint density at radius 2 is 2.33 bits per heavy atom. The molecule has 18 heavy (non-hydrogen) atoms. The van der Waals surface area contributed by atoms with Crippen LogP contribution in [0.5, 0.6) is 0 Å². The molecule has 0 saturated heterocycles. The molecule has 1 aromatic rings. The summed E-state index contributed by atoms with van der Waals surface area (Å²) in [7, 11) is 1.76. The third kappa shape index (κ3) is 4.87. The zero-order valence-electron chi connectivity index (χ0n) is 11.4. The van der Waals surface area contributed by atoms with Crippen molar-refractivity contribution < 1.29 is 0 Å². The molecule has 0 saturated carbocycles. The maximum atomic E-state index is 4.60. The molecule has 1 rings (SSSR count). The number of hydrogen-bond acceptors (Lipinski definition) is 3. The Morgan fingerprint density at radius 1 is 1.56 bits per heavy atom. The minimum atomic E-state index is 0.513. The van der Waals surface area contributed by atoms with E-state index in [1.165, 1.54) is 5.01 Å². The lowest BCUT2D eigenvalue weighted by Crippen LogP contribution is -2.38. The van der Waals surface area contributed by atoms with Crippen molar-refractivity contribution >= 4 is 17.3 Å². The van der Waals surface area contributed by atoms with E-state index in [-0.39, 0.29) is 0 Å². The van der Waals surface area contributed by atoms with Crippen LogP contribution in [-0.2, 0) is 6.42 Å². The van der Waals surface area contributed by atoms with Crippen molar-refractivity contribution in [1.82, 2.24) is 15.6 Å². The monoisotopic (exact) mass is 266 g/mol. The highest BCUT2D eigenvalue weighted by Crippen LogP contribution is 2.19. The summed E-state index contributed by atoms with van der Waals surface area (Å²) in [4.78, 5) is 8.72. The van der Waals surface area contributed by atoms with Gasteiger partial charge >= 0.3 is 0 Å². The second-order valence-corrected chi connectivity index (χ2v) is 5.14. The van der Waals surface area contributed by atoms with Gasteiger partial charge in [-0.1, -0.05) is 19.9 Å². The molecule has 1 heterocycles. The Kier molecular flexibility index (Phi) is 6.43. The van der Waals surface area contributed by atoms with Crippen molar-refractivity contribution in [2.45, 2.75) is 26.2 Å². The van der Waals surface area contributed by atoms with E-state index < -0.39 is 0 Å². The van der Waals surface area contributed by atoms with Gasteiger partial charge in [-0.3, -0.25) is 4.99 Å². The summed E-state index contributed by atoms with van der Waals surface area (Å²) in [5.74, 6) is 1.31. The molecule has 0 aromatic carbocycles. The average molecular weight is 266 g/mol. The fraction of sp³-hybridized carbons (Fsp3) is 0.538. The molecule has 0 fully saturated rings. The van der Waals surface area contributed by atoms with Crippen molar-refractivity contribution in [3.05, 3.63) is 28.7 Å². The number of nitrogens with zero attached hydrogens (tertiary/aromatic N) is 2. The molecule has 0 radical (unpaired) electrons. The highest BCUT2D eigenvalue weighted by Gasteiger charge is 2.05. The molecule has 0 amide bonds. The summed E-state index contributed by atoms with van der Waals surface area (Å²) < 4.78 is 0. The van der Waals surface area contributed by atoms with E-state index in [1.54, 1.807) is 18.4 Å². The Bertz CT molecular complexity index is 395. The van der Waals surface area contributed by atoms with Crippen molar-refractivity contribution in [1.29, 1.82) is 0 Å². The molecule has 1 aromatic heterocycles. The number of rotatable bonds is 6. The molecule has 100 valence electrons. The zero-order valence-corrected chi connectivity index (χ0v) is 12.2. The number of hydrogen-bond donors (Lipinski definition) is 2. The first-order valence-electron chi connectivity index (χ1n) is 6.17.